The van der Waals surface area contributed by atoms with E-state index in [9.17, 15) is 9.59 Å². The minimum absolute atomic E-state index is 0.107. The van der Waals surface area contributed by atoms with E-state index in [-0.39, 0.29) is 17.6 Å². The number of thioether (sulfide) groups is 1. The quantitative estimate of drug-likeness (QED) is 0.389. The summed E-state index contributed by atoms with van der Waals surface area (Å²) in [5, 5.41) is 3.62. The number of nitrogens with one attached hydrogen (secondary N) is 1. The molecule has 3 aromatic carbocycles. The van der Waals surface area contributed by atoms with Gasteiger partial charge in [0, 0.05) is 11.3 Å². The average Bonchev–Trinajstić information content (AvgIpc) is 3.23. The molecule has 0 aliphatic heterocycles. The molecule has 0 aliphatic rings. The Balaban J connectivity index is 1.63. The summed E-state index contributed by atoms with van der Waals surface area (Å²) in [7, 11) is 0. The summed E-state index contributed by atoms with van der Waals surface area (Å²) in [5.41, 5.74) is 2.57. The number of carbonyl (C=O) groups is 2. The van der Waals surface area contributed by atoms with E-state index in [1.807, 2.05) is 60.7 Å². The first-order valence-electron chi connectivity index (χ1n) is 9.53. The molecule has 0 atom stereocenters. The zero-order valence-corrected chi connectivity index (χ0v) is 17.9. The van der Waals surface area contributed by atoms with Gasteiger partial charge in [-0.25, -0.2) is 4.98 Å². The molecule has 0 bridgehead atoms. The lowest BCUT2D eigenvalue weighted by Crippen LogP contribution is -2.17. The zero-order valence-electron chi connectivity index (χ0n) is 16.4. The van der Waals surface area contributed by atoms with E-state index in [0.29, 0.717) is 27.1 Å². The van der Waals surface area contributed by atoms with E-state index in [2.05, 4.69) is 10.3 Å². The molecule has 0 aliphatic carbocycles. The third-order valence-electron chi connectivity index (χ3n) is 4.50. The number of aromatic nitrogens is 2. The van der Waals surface area contributed by atoms with E-state index in [4.69, 9.17) is 11.6 Å². The van der Waals surface area contributed by atoms with Crippen molar-refractivity contribution in [2.24, 2.45) is 0 Å². The Kier molecular flexibility index (Phi) is 6.50. The largest absolute Gasteiger partial charge is 0.325 e. The SMILES string of the molecule is O=C(CSc1ncc(-c2ccccc2)n1C(=O)c1ccccc1Cl)Nc1ccccc1. The number of para-hydroxylation sites is 1. The lowest BCUT2D eigenvalue weighted by molar-refractivity contribution is -0.113. The van der Waals surface area contributed by atoms with Crippen LogP contribution in [0.4, 0.5) is 5.69 Å². The molecule has 7 heteroatoms. The Morgan fingerprint density at radius 3 is 2.26 bits per heavy atom. The maximum atomic E-state index is 13.4. The summed E-state index contributed by atoms with van der Waals surface area (Å²) in [5.74, 6) is -0.374. The maximum absolute atomic E-state index is 13.4. The highest BCUT2D eigenvalue weighted by Gasteiger charge is 2.22. The van der Waals surface area contributed by atoms with Gasteiger partial charge in [-0.1, -0.05) is 84.0 Å². The minimum Gasteiger partial charge on any atom is -0.325 e. The highest BCUT2D eigenvalue weighted by molar-refractivity contribution is 7.99. The molecule has 0 saturated heterocycles. The van der Waals surface area contributed by atoms with Gasteiger partial charge in [0.1, 0.15) is 0 Å². The molecule has 4 aromatic rings. The van der Waals surface area contributed by atoms with Gasteiger partial charge < -0.3 is 5.32 Å². The summed E-state index contributed by atoms with van der Waals surface area (Å²) in [6.07, 6.45) is 1.64. The molecule has 1 N–H and O–H groups in total. The summed E-state index contributed by atoms with van der Waals surface area (Å²) in [4.78, 5) is 30.2. The number of imidazole rings is 1. The molecule has 31 heavy (non-hydrogen) atoms. The normalized spacial score (nSPS) is 10.6. The predicted octanol–water partition coefficient (Wildman–Crippen LogP) is 5.62. The molecular weight excluding hydrogens is 430 g/mol. The van der Waals surface area contributed by atoms with Gasteiger partial charge >= 0.3 is 0 Å². The van der Waals surface area contributed by atoms with Crippen LogP contribution in [0, 0.1) is 0 Å². The van der Waals surface area contributed by atoms with Crippen molar-refractivity contribution in [3.8, 4) is 11.3 Å². The Hall–Kier alpha value is -3.35. The molecule has 1 heterocycles. The fourth-order valence-corrected chi connectivity index (χ4v) is 4.04. The monoisotopic (exact) mass is 447 g/mol. The van der Waals surface area contributed by atoms with Gasteiger partial charge in [0.05, 0.1) is 28.2 Å². The van der Waals surface area contributed by atoms with Gasteiger partial charge in [0.25, 0.3) is 5.91 Å². The number of benzene rings is 3. The number of anilines is 1. The van der Waals surface area contributed by atoms with Crippen molar-refractivity contribution in [3.05, 3.63) is 102 Å². The third kappa shape index (κ3) is 4.87. The van der Waals surface area contributed by atoms with Crippen LogP contribution in [0.1, 0.15) is 10.4 Å². The van der Waals surface area contributed by atoms with Gasteiger partial charge in [0.2, 0.25) is 5.91 Å². The summed E-state index contributed by atoms with van der Waals surface area (Å²) in [6, 6.07) is 25.6. The predicted molar refractivity (Wildman–Crippen MR) is 125 cm³/mol. The second-order valence-electron chi connectivity index (χ2n) is 6.62. The Bertz CT molecular complexity index is 1210. The smallest absolute Gasteiger partial charge is 0.266 e. The highest BCUT2D eigenvalue weighted by Crippen LogP contribution is 2.28. The number of halogens is 1. The lowest BCUT2D eigenvalue weighted by Gasteiger charge is -2.12. The molecule has 1 amide bonds. The average molecular weight is 448 g/mol. The summed E-state index contributed by atoms with van der Waals surface area (Å²) in [6.45, 7) is 0. The number of carbonyl (C=O) groups excluding carboxylic acids is 2. The van der Waals surface area contributed by atoms with Crippen LogP contribution in [-0.2, 0) is 4.79 Å². The highest BCUT2D eigenvalue weighted by atomic mass is 35.5. The summed E-state index contributed by atoms with van der Waals surface area (Å²) >= 11 is 7.47. The zero-order chi connectivity index (χ0) is 21.6. The second kappa shape index (κ2) is 9.64. The van der Waals surface area contributed by atoms with Crippen LogP contribution in [0.5, 0.6) is 0 Å². The van der Waals surface area contributed by atoms with Gasteiger partial charge in [-0.3, -0.25) is 14.2 Å². The Labute approximate surface area is 189 Å². The van der Waals surface area contributed by atoms with Crippen molar-refractivity contribution < 1.29 is 9.59 Å². The van der Waals surface area contributed by atoms with Crippen LogP contribution in [0.25, 0.3) is 11.3 Å². The van der Waals surface area contributed by atoms with Crippen LogP contribution in [0.2, 0.25) is 5.02 Å². The topological polar surface area (TPSA) is 64.0 Å². The second-order valence-corrected chi connectivity index (χ2v) is 7.97. The van der Waals surface area contributed by atoms with Crippen molar-refractivity contribution >= 4 is 40.9 Å². The lowest BCUT2D eigenvalue weighted by atomic mass is 10.1. The first-order chi connectivity index (χ1) is 15.1. The van der Waals surface area contributed by atoms with E-state index in [1.165, 1.54) is 16.3 Å². The van der Waals surface area contributed by atoms with Crippen molar-refractivity contribution in [3.63, 3.8) is 0 Å². The Morgan fingerprint density at radius 1 is 0.903 bits per heavy atom. The fourth-order valence-electron chi connectivity index (χ4n) is 3.05. The first kappa shape index (κ1) is 20.9. The Morgan fingerprint density at radius 2 is 1.55 bits per heavy atom. The standard InChI is InChI=1S/C24H18ClN3O2S/c25-20-14-8-7-13-19(20)23(30)28-21(17-9-3-1-4-10-17)15-26-24(28)31-16-22(29)27-18-11-5-2-6-12-18/h1-15H,16H2,(H,27,29). The molecule has 4 rings (SSSR count). The summed E-state index contributed by atoms with van der Waals surface area (Å²) < 4.78 is 1.51. The van der Waals surface area contributed by atoms with E-state index in [0.717, 1.165) is 5.56 Å². The fraction of sp³-hybridized carbons (Fsp3) is 0.0417. The molecule has 154 valence electrons. The molecule has 0 unspecified atom stereocenters. The molecule has 0 spiro atoms. The molecule has 0 radical (unpaired) electrons. The van der Waals surface area contributed by atoms with Crippen molar-refractivity contribution in [1.82, 2.24) is 9.55 Å². The molecular formula is C24H18ClN3O2S. The van der Waals surface area contributed by atoms with Crippen molar-refractivity contribution in [1.29, 1.82) is 0 Å². The number of hydrogen-bond donors (Lipinski definition) is 1. The molecule has 0 fully saturated rings. The van der Waals surface area contributed by atoms with Crippen molar-refractivity contribution in [2.45, 2.75) is 5.16 Å². The van der Waals surface area contributed by atoms with E-state index in [1.54, 1.807) is 30.5 Å². The van der Waals surface area contributed by atoms with Crippen LogP contribution in [0.3, 0.4) is 0 Å². The minimum atomic E-state index is -0.298. The molecule has 5 nitrogen and oxygen atoms in total. The van der Waals surface area contributed by atoms with Crippen molar-refractivity contribution in [2.75, 3.05) is 11.1 Å². The number of hydrogen-bond acceptors (Lipinski definition) is 4. The number of rotatable bonds is 6. The molecule has 1 aromatic heterocycles. The number of amides is 1. The maximum Gasteiger partial charge on any atom is 0.266 e. The van der Waals surface area contributed by atoms with Gasteiger partial charge in [0.15, 0.2) is 5.16 Å². The molecule has 0 saturated carbocycles. The van der Waals surface area contributed by atoms with Gasteiger partial charge in [-0.2, -0.15) is 0 Å². The van der Waals surface area contributed by atoms with Gasteiger partial charge in [-0.15, -0.1) is 0 Å². The number of nitrogens with zero attached hydrogens (tertiary/aromatic N) is 2. The van der Waals surface area contributed by atoms with Crippen LogP contribution >= 0.6 is 23.4 Å². The van der Waals surface area contributed by atoms with Crippen LogP contribution in [-0.4, -0.2) is 27.1 Å². The van der Waals surface area contributed by atoms with Crippen LogP contribution < -0.4 is 5.32 Å². The van der Waals surface area contributed by atoms with Crippen LogP contribution in [0.15, 0.2) is 96.3 Å². The van der Waals surface area contributed by atoms with Gasteiger partial charge in [-0.05, 0) is 24.3 Å². The third-order valence-corrected chi connectivity index (χ3v) is 5.78. The first-order valence-corrected chi connectivity index (χ1v) is 10.9. The van der Waals surface area contributed by atoms with E-state index < -0.39 is 0 Å². The van der Waals surface area contributed by atoms with E-state index >= 15 is 0 Å².